The van der Waals surface area contributed by atoms with Crippen LogP contribution in [0.5, 0.6) is 0 Å². The number of para-hydroxylation sites is 1. The molecular weight excluding hydrogens is 367 g/mol. The van der Waals surface area contributed by atoms with Crippen LogP contribution in [0.25, 0.3) is 11.4 Å². The molecule has 1 atom stereocenters. The monoisotopic (exact) mass is 382 g/mol. The van der Waals surface area contributed by atoms with E-state index in [1.54, 1.807) is 49.4 Å². The highest BCUT2D eigenvalue weighted by molar-refractivity contribution is 8.00. The van der Waals surface area contributed by atoms with Crippen LogP contribution in [-0.4, -0.2) is 26.0 Å². The second kappa shape index (κ2) is 7.88. The molecule has 3 rings (SSSR count). The zero-order chi connectivity index (χ0) is 19.4. The third-order valence-corrected chi connectivity index (χ3v) is 4.79. The lowest BCUT2D eigenvalue weighted by Gasteiger charge is -2.12. The van der Waals surface area contributed by atoms with Gasteiger partial charge in [0, 0.05) is 0 Å². The number of carbonyl (C=O) groups is 1. The number of hydrogen-bond donors (Lipinski definition) is 2. The number of aromatic nitrogens is 3. The molecule has 1 aromatic heterocycles. The largest absolute Gasteiger partial charge is 0.335 e. The van der Waals surface area contributed by atoms with Crippen LogP contribution in [-0.2, 0) is 4.79 Å². The highest BCUT2D eigenvalue weighted by atomic mass is 32.2. The van der Waals surface area contributed by atoms with Gasteiger partial charge in [0.1, 0.15) is 11.9 Å². The van der Waals surface area contributed by atoms with Gasteiger partial charge in [0.25, 0.3) is 0 Å². The molecule has 0 aliphatic heterocycles. The number of nitrogens with one attached hydrogen (secondary N) is 1. The van der Waals surface area contributed by atoms with Crippen molar-refractivity contribution in [2.75, 3.05) is 11.2 Å². The van der Waals surface area contributed by atoms with Crippen molar-refractivity contribution in [1.82, 2.24) is 14.9 Å². The molecule has 0 saturated heterocycles. The Labute approximate surface area is 159 Å². The van der Waals surface area contributed by atoms with Crippen molar-refractivity contribution < 1.29 is 9.18 Å². The fourth-order valence-electron chi connectivity index (χ4n) is 2.32. The molecule has 0 aliphatic rings. The van der Waals surface area contributed by atoms with E-state index in [-0.39, 0.29) is 22.5 Å². The molecule has 27 heavy (non-hydrogen) atoms. The van der Waals surface area contributed by atoms with Gasteiger partial charge in [-0.1, -0.05) is 36.0 Å². The van der Waals surface area contributed by atoms with Crippen molar-refractivity contribution in [3.8, 4) is 17.5 Å². The smallest absolute Gasteiger partial charge is 0.237 e. The van der Waals surface area contributed by atoms with Crippen LogP contribution >= 0.6 is 11.8 Å². The predicted octanol–water partition coefficient (Wildman–Crippen LogP) is 2.79. The molecule has 1 heterocycles. The van der Waals surface area contributed by atoms with E-state index in [0.29, 0.717) is 11.3 Å². The van der Waals surface area contributed by atoms with Gasteiger partial charge in [0.2, 0.25) is 11.1 Å². The van der Waals surface area contributed by atoms with Gasteiger partial charge in [-0.3, -0.25) is 4.79 Å². The van der Waals surface area contributed by atoms with Crippen molar-refractivity contribution in [2.45, 2.75) is 17.3 Å². The Morgan fingerprint density at radius 1 is 1.26 bits per heavy atom. The van der Waals surface area contributed by atoms with Gasteiger partial charge < -0.3 is 11.2 Å². The third kappa shape index (κ3) is 3.91. The molecule has 1 amide bonds. The Balaban J connectivity index is 1.75. The molecular formula is C18H15FN6OS. The fraction of sp³-hybridized carbons (Fsp3) is 0.111. The minimum Gasteiger partial charge on any atom is -0.335 e. The second-order valence-electron chi connectivity index (χ2n) is 5.56. The van der Waals surface area contributed by atoms with Crippen LogP contribution in [0.15, 0.2) is 53.7 Å². The van der Waals surface area contributed by atoms with Crippen LogP contribution in [0.2, 0.25) is 0 Å². The van der Waals surface area contributed by atoms with E-state index in [1.807, 2.05) is 6.07 Å². The van der Waals surface area contributed by atoms with E-state index in [9.17, 15) is 9.18 Å². The van der Waals surface area contributed by atoms with Crippen molar-refractivity contribution in [3.05, 3.63) is 59.9 Å². The SMILES string of the molecule is C[C@H](Sc1nnc(-c2ccccc2F)n1N)C(=O)Nc1ccccc1C#N. The predicted molar refractivity (Wildman–Crippen MR) is 101 cm³/mol. The first-order valence-electron chi connectivity index (χ1n) is 7.93. The molecule has 0 bridgehead atoms. The number of nitrogens with zero attached hydrogens (tertiary/aromatic N) is 4. The van der Waals surface area contributed by atoms with Gasteiger partial charge >= 0.3 is 0 Å². The lowest BCUT2D eigenvalue weighted by Crippen LogP contribution is -2.24. The van der Waals surface area contributed by atoms with E-state index in [4.69, 9.17) is 11.1 Å². The number of amides is 1. The Kier molecular flexibility index (Phi) is 5.38. The number of nitriles is 1. The van der Waals surface area contributed by atoms with E-state index < -0.39 is 11.1 Å². The number of nitrogen functional groups attached to an aromatic ring is 1. The summed E-state index contributed by atoms with van der Waals surface area (Å²) in [5.41, 5.74) is 1.02. The standard InChI is InChI=1S/C18H15FN6OS/c1-11(17(26)22-15-9-5-2-6-12(15)10-20)27-18-24-23-16(25(18)21)13-7-3-4-8-14(13)19/h2-9,11H,21H2,1H3,(H,22,26)/t11-/m0/s1. The first-order chi connectivity index (χ1) is 13.0. The number of thioether (sulfide) groups is 1. The van der Waals surface area contributed by atoms with Gasteiger partial charge in [-0.25, -0.2) is 9.07 Å². The van der Waals surface area contributed by atoms with Crippen molar-refractivity contribution >= 4 is 23.4 Å². The van der Waals surface area contributed by atoms with E-state index in [1.165, 1.54) is 6.07 Å². The van der Waals surface area contributed by atoms with Crippen LogP contribution in [0.1, 0.15) is 12.5 Å². The highest BCUT2D eigenvalue weighted by Gasteiger charge is 2.21. The van der Waals surface area contributed by atoms with Gasteiger partial charge in [-0.05, 0) is 31.2 Å². The Hall–Kier alpha value is -3.38. The number of anilines is 1. The Bertz CT molecular complexity index is 1030. The zero-order valence-corrected chi connectivity index (χ0v) is 15.1. The lowest BCUT2D eigenvalue weighted by atomic mass is 10.2. The third-order valence-electron chi connectivity index (χ3n) is 3.74. The summed E-state index contributed by atoms with van der Waals surface area (Å²) in [6.45, 7) is 1.67. The fourth-order valence-corrected chi connectivity index (χ4v) is 3.09. The Morgan fingerprint density at radius 3 is 2.70 bits per heavy atom. The molecule has 7 nitrogen and oxygen atoms in total. The van der Waals surface area contributed by atoms with Gasteiger partial charge in [-0.2, -0.15) is 5.26 Å². The zero-order valence-electron chi connectivity index (χ0n) is 14.3. The minimum atomic E-state index is -0.572. The van der Waals surface area contributed by atoms with Gasteiger partial charge in [0.15, 0.2) is 5.82 Å². The van der Waals surface area contributed by atoms with E-state index in [2.05, 4.69) is 15.5 Å². The summed E-state index contributed by atoms with van der Waals surface area (Å²) in [4.78, 5) is 12.4. The summed E-state index contributed by atoms with van der Waals surface area (Å²) in [5, 5.41) is 19.4. The van der Waals surface area contributed by atoms with Crippen LogP contribution < -0.4 is 11.2 Å². The summed E-state index contributed by atoms with van der Waals surface area (Å²) in [7, 11) is 0. The normalized spacial score (nSPS) is 11.6. The molecule has 9 heteroatoms. The van der Waals surface area contributed by atoms with E-state index in [0.717, 1.165) is 16.4 Å². The average molecular weight is 382 g/mol. The number of nitrogens with two attached hydrogens (primary N) is 1. The van der Waals surface area contributed by atoms with Gasteiger partial charge in [-0.15, -0.1) is 10.2 Å². The molecule has 3 N–H and O–H groups in total. The number of halogens is 1. The molecule has 0 unspecified atom stereocenters. The number of hydrogen-bond acceptors (Lipinski definition) is 6. The molecule has 0 saturated carbocycles. The maximum atomic E-state index is 13.9. The quantitative estimate of drug-likeness (QED) is 0.519. The van der Waals surface area contributed by atoms with Crippen LogP contribution in [0.4, 0.5) is 10.1 Å². The number of rotatable bonds is 5. The molecule has 3 aromatic rings. The van der Waals surface area contributed by atoms with Crippen LogP contribution in [0, 0.1) is 17.1 Å². The lowest BCUT2D eigenvalue weighted by molar-refractivity contribution is -0.115. The first-order valence-corrected chi connectivity index (χ1v) is 8.81. The summed E-state index contributed by atoms with van der Waals surface area (Å²) >= 11 is 1.08. The summed E-state index contributed by atoms with van der Waals surface area (Å²) < 4.78 is 15.1. The molecule has 2 aromatic carbocycles. The maximum Gasteiger partial charge on any atom is 0.237 e. The van der Waals surface area contributed by atoms with Crippen LogP contribution in [0.3, 0.4) is 0 Å². The van der Waals surface area contributed by atoms with Crippen molar-refractivity contribution in [2.24, 2.45) is 0 Å². The molecule has 0 fully saturated rings. The van der Waals surface area contributed by atoms with E-state index >= 15 is 0 Å². The topological polar surface area (TPSA) is 110 Å². The van der Waals surface area contributed by atoms with Crippen molar-refractivity contribution in [3.63, 3.8) is 0 Å². The summed E-state index contributed by atoms with van der Waals surface area (Å²) in [5.74, 6) is 5.36. The molecule has 136 valence electrons. The minimum absolute atomic E-state index is 0.165. The molecule has 0 radical (unpaired) electrons. The molecule has 0 spiro atoms. The summed E-state index contributed by atoms with van der Waals surface area (Å²) in [6.07, 6.45) is 0. The second-order valence-corrected chi connectivity index (χ2v) is 6.87. The first kappa shape index (κ1) is 18.4. The van der Waals surface area contributed by atoms with Gasteiger partial charge in [0.05, 0.1) is 22.1 Å². The number of benzene rings is 2. The Morgan fingerprint density at radius 2 is 1.96 bits per heavy atom. The summed E-state index contributed by atoms with van der Waals surface area (Å²) in [6, 6.07) is 14.8. The maximum absolute atomic E-state index is 13.9. The highest BCUT2D eigenvalue weighted by Crippen LogP contribution is 2.27. The number of carbonyl (C=O) groups excluding carboxylic acids is 1. The molecule has 0 aliphatic carbocycles. The average Bonchev–Trinajstić information content (AvgIpc) is 3.03. The van der Waals surface area contributed by atoms with Crippen molar-refractivity contribution in [1.29, 1.82) is 5.26 Å².